The van der Waals surface area contributed by atoms with Crippen LogP contribution in [0, 0.1) is 0 Å². The van der Waals surface area contributed by atoms with Gasteiger partial charge in [0.15, 0.2) is 0 Å². The Kier molecular flexibility index (Phi) is 6.63. The molecule has 1 aromatic rings. The Morgan fingerprint density at radius 3 is 1.95 bits per heavy atom. The predicted molar refractivity (Wildman–Crippen MR) is 93.2 cm³/mol. The average molecular weight is 389 g/mol. The van der Waals surface area contributed by atoms with E-state index in [0.29, 0.717) is 3.91 Å². The van der Waals surface area contributed by atoms with Crippen LogP contribution in [0.25, 0.3) is 0 Å². The zero-order chi connectivity index (χ0) is 14.2. The molecule has 4 heteroatoms. The van der Waals surface area contributed by atoms with Crippen molar-refractivity contribution in [3.8, 4) is 5.75 Å². The number of phenolic OH excluding ortho intramolecular Hbond substituents is 1. The minimum atomic E-state index is -1.53. The van der Waals surface area contributed by atoms with Gasteiger partial charge in [0.2, 0.25) is 0 Å². The Morgan fingerprint density at radius 2 is 1.40 bits per heavy atom. The van der Waals surface area contributed by atoms with Gasteiger partial charge in [-0.1, -0.05) is 0 Å². The molecular formula is C16H24INO2. The molecule has 0 aromatic heterocycles. The van der Waals surface area contributed by atoms with Crippen molar-refractivity contribution < 1.29 is 9.90 Å². The van der Waals surface area contributed by atoms with Crippen LogP contribution < -0.4 is 5.32 Å². The van der Waals surface area contributed by atoms with E-state index >= 15 is 0 Å². The molecule has 0 unspecified atom stereocenters. The summed E-state index contributed by atoms with van der Waals surface area (Å²) in [5.41, 5.74) is 0.808. The van der Waals surface area contributed by atoms with Crippen molar-refractivity contribution in [1.82, 2.24) is 0 Å². The van der Waals surface area contributed by atoms with E-state index in [1.165, 1.54) is 44.9 Å². The zero-order valence-corrected chi connectivity index (χ0v) is 14.1. The van der Waals surface area contributed by atoms with Crippen LogP contribution in [0.4, 0.5) is 10.5 Å². The molecule has 1 aliphatic rings. The van der Waals surface area contributed by atoms with Crippen molar-refractivity contribution in [3.05, 3.63) is 24.3 Å². The zero-order valence-electron chi connectivity index (χ0n) is 11.9. The third-order valence-corrected chi connectivity index (χ3v) is 9.36. The number of phenols is 1. The first-order chi connectivity index (χ1) is 9.75. The molecule has 0 atom stereocenters. The normalized spacial score (nSPS) is 19.3. The van der Waals surface area contributed by atoms with Crippen LogP contribution in [0.1, 0.15) is 44.9 Å². The topological polar surface area (TPSA) is 49.3 Å². The SMILES string of the molecule is O=C(Nc1ccc(O)cc1)I1CCCCCCCCC1. The van der Waals surface area contributed by atoms with Gasteiger partial charge in [0, 0.05) is 0 Å². The van der Waals surface area contributed by atoms with Crippen LogP contribution in [0.5, 0.6) is 5.75 Å². The number of carbonyl (C=O) groups is 1. The van der Waals surface area contributed by atoms with Crippen LogP contribution in [0.15, 0.2) is 24.3 Å². The van der Waals surface area contributed by atoms with Gasteiger partial charge in [-0.25, -0.2) is 0 Å². The summed E-state index contributed by atoms with van der Waals surface area (Å²) in [6.45, 7) is 0. The first-order valence-electron chi connectivity index (χ1n) is 7.47. The van der Waals surface area contributed by atoms with Crippen LogP contribution in [0.2, 0.25) is 0 Å². The van der Waals surface area contributed by atoms with E-state index in [1.807, 2.05) is 0 Å². The van der Waals surface area contributed by atoms with Crippen LogP contribution in [0.3, 0.4) is 0 Å². The number of benzene rings is 1. The summed E-state index contributed by atoms with van der Waals surface area (Å²) in [5.74, 6) is 0.237. The minimum absolute atomic E-state index is 0.237. The van der Waals surface area contributed by atoms with E-state index in [1.54, 1.807) is 24.3 Å². The van der Waals surface area contributed by atoms with Gasteiger partial charge < -0.3 is 0 Å². The van der Waals surface area contributed by atoms with Crippen molar-refractivity contribution in [2.45, 2.75) is 44.9 Å². The van der Waals surface area contributed by atoms with Gasteiger partial charge in [-0.05, 0) is 0 Å². The number of hydrogen-bond donors (Lipinski definition) is 2. The van der Waals surface area contributed by atoms with E-state index in [4.69, 9.17) is 0 Å². The van der Waals surface area contributed by atoms with E-state index in [-0.39, 0.29) is 5.75 Å². The van der Waals surface area contributed by atoms with Crippen molar-refractivity contribution in [2.24, 2.45) is 0 Å². The van der Waals surface area contributed by atoms with Gasteiger partial charge in [-0.3, -0.25) is 0 Å². The Labute approximate surface area is 128 Å². The number of hydrogen-bond acceptors (Lipinski definition) is 2. The molecule has 3 nitrogen and oxygen atoms in total. The molecule has 0 saturated carbocycles. The second kappa shape index (κ2) is 8.49. The standard InChI is InChI=1S/C16H24INO2/c19-15-10-8-14(9-11-15)18-16(20)17-12-6-4-2-1-3-5-7-13-17/h8-11,19H,1-7,12-13H2,(H,18,20). The molecule has 1 fully saturated rings. The fourth-order valence-electron chi connectivity index (χ4n) is 2.39. The molecule has 1 heterocycles. The Balaban J connectivity index is 1.89. The van der Waals surface area contributed by atoms with Gasteiger partial charge in [-0.2, -0.15) is 0 Å². The molecular weight excluding hydrogens is 365 g/mol. The summed E-state index contributed by atoms with van der Waals surface area (Å²) < 4.78 is 2.61. The summed E-state index contributed by atoms with van der Waals surface area (Å²) in [7, 11) is 0. The molecule has 0 bridgehead atoms. The molecule has 0 aliphatic carbocycles. The van der Waals surface area contributed by atoms with Crippen LogP contribution >= 0.6 is 19.8 Å². The molecule has 1 saturated heterocycles. The Hall–Kier alpha value is -0.780. The maximum atomic E-state index is 12.4. The molecule has 112 valence electrons. The quantitative estimate of drug-likeness (QED) is 0.241. The van der Waals surface area contributed by atoms with Crippen molar-refractivity contribution >= 4 is 29.4 Å². The summed E-state index contributed by atoms with van der Waals surface area (Å²) in [5, 5.41) is 12.3. The summed E-state index contributed by atoms with van der Waals surface area (Å²) in [6.07, 6.45) is 9.09. The fourth-order valence-corrected chi connectivity index (χ4v) is 7.52. The molecule has 0 radical (unpaired) electrons. The number of anilines is 1. The van der Waals surface area contributed by atoms with Crippen molar-refractivity contribution in [2.75, 3.05) is 14.2 Å². The Morgan fingerprint density at radius 1 is 0.900 bits per heavy atom. The van der Waals surface area contributed by atoms with Crippen LogP contribution in [-0.2, 0) is 0 Å². The first kappa shape index (κ1) is 15.6. The van der Waals surface area contributed by atoms with E-state index in [2.05, 4.69) is 5.32 Å². The number of carbonyl (C=O) groups excluding carboxylic acids is 1. The number of halogens is 1. The summed E-state index contributed by atoms with van der Waals surface area (Å²) in [6, 6.07) is 6.77. The molecule has 0 spiro atoms. The summed E-state index contributed by atoms with van der Waals surface area (Å²) >= 11 is -1.53. The van der Waals surface area contributed by atoms with Crippen molar-refractivity contribution in [1.29, 1.82) is 0 Å². The maximum absolute atomic E-state index is 12.4. The number of aromatic hydroxyl groups is 1. The Bertz CT molecular complexity index is 409. The van der Waals surface area contributed by atoms with Crippen LogP contribution in [-0.4, -0.2) is 17.9 Å². The van der Waals surface area contributed by atoms with E-state index in [9.17, 15) is 9.90 Å². The number of alkyl halides is 2. The molecule has 1 aromatic carbocycles. The predicted octanol–water partition coefficient (Wildman–Crippen LogP) is 5.17. The number of rotatable bonds is 2. The average Bonchev–Trinajstić information content (AvgIpc) is 2.47. The monoisotopic (exact) mass is 389 g/mol. The van der Waals surface area contributed by atoms with Gasteiger partial charge in [-0.15, -0.1) is 0 Å². The summed E-state index contributed by atoms with van der Waals surface area (Å²) in [4.78, 5) is 12.4. The third kappa shape index (κ3) is 5.31. The van der Waals surface area contributed by atoms with Gasteiger partial charge >= 0.3 is 128 Å². The van der Waals surface area contributed by atoms with Gasteiger partial charge in [0.25, 0.3) is 0 Å². The first-order valence-corrected chi connectivity index (χ1v) is 11.6. The molecule has 1 amide bonds. The van der Waals surface area contributed by atoms with E-state index < -0.39 is 19.8 Å². The van der Waals surface area contributed by atoms with E-state index in [0.717, 1.165) is 14.5 Å². The molecule has 2 rings (SSSR count). The second-order valence-corrected chi connectivity index (χ2v) is 11.0. The number of nitrogens with one attached hydrogen (secondary N) is 1. The molecule has 20 heavy (non-hydrogen) atoms. The molecule has 2 N–H and O–H groups in total. The van der Waals surface area contributed by atoms with Gasteiger partial charge in [0.05, 0.1) is 0 Å². The molecule has 1 aliphatic heterocycles. The third-order valence-electron chi connectivity index (χ3n) is 3.58. The van der Waals surface area contributed by atoms with Crippen molar-refractivity contribution in [3.63, 3.8) is 0 Å². The number of amides is 1. The van der Waals surface area contributed by atoms with Gasteiger partial charge in [0.1, 0.15) is 0 Å². The fraction of sp³-hybridized carbons (Fsp3) is 0.562. The second-order valence-electron chi connectivity index (χ2n) is 5.25.